The molecule has 0 aromatic rings. The second-order valence-corrected chi connectivity index (χ2v) is 6.22. The molecule has 0 saturated carbocycles. The van der Waals surface area contributed by atoms with Gasteiger partial charge < -0.3 is 16.4 Å². The number of nitrogens with zero attached hydrogens (tertiary/aromatic N) is 1. The van der Waals surface area contributed by atoms with Crippen LogP contribution in [0.3, 0.4) is 0 Å². The minimum absolute atomic E-state index is 0.0151. The highest BCUT2D eigenvalue weighted by Crippen LogP contribution is 2.19. The van der Waals surface area contributed by atoms with Gasteiger partial charge in [-0.15, -0.1) is 0 Å². The van der Waals surface area contributed by atoms with Crippen molar-refractivity contribution in [3.63, 3.8) is 0 Å². The molecule has 0 aliphatic carbocycles. The second kappa shape index (κ2) is 7.75. The number of primary amides is 1. The van der Waals surface area contributed by atoms with Crippen LogP contribution >= 0.6 is 0 Å². The molecule has 0 radical (unpaired) electrons. The SMILES string of the molecule is CCC(C(N)=O)N1CCCC(CNC(=O)C2CCCN2)C1. The minimum atomic E-state index is -0.239. The van der Waals surface area contributed by atoms with E-state index >= 15 is 0 Å². The van der Waals surface area contributed by atoms with Gasteiger partial charge in [0.1, 0.15) is 0 Å². The van der Waals surface area contributed by atoms with Crippen molar-refractivity contribution in [3.8, 4) is 0 Å². The summed E-state index contributed by atoms with van der Waals surface area (Å²) < 4.78 is 0. The third-order valence-electron chi connectivity index (χ3n) is 4.65. The number of likely N-dealkylation sites (tertiary alicyclic amines) is 1. The first-order valence-electron chi connectivity index (χ1n) is 8.16. The van der Waals surface area contributed by atoms with Crippen LogP contribution < -0.4 is 16.4 Å². The van der Waals surface area contributed by atoms with Gasteiger partial charge in [-0.25, -0.2) is 0 Å². The zero-order valence-electron chi connectivity index (χ0n) is 12.9. The Kier molecular flexibility index (Phi) is 5.99. The maximum absolute atomic E-state index is 12.0. The Balaban J connectivity index is 1.78. The lowest BCUT2D eigenvalue weighted by molar-refractivity contribution is -0.125. The van der Waals surface area contributed by atoms with Crippen LogP contribution in [0.25, 0.3) is 0 Å². The van der Waals surface area contributed by atoms with Crippen LogP contribution in [0.5, 0.6) is 0 Å². The van der Waals surface area contributed by atoms with E-state index in [2.05, 4.69) is 15.5 Å². The molecule has 2 heterocycles. The summed E-state index contributed by atoms with van der Waals surface area (Å²) in [5, 5.41) is 6.27. The first-order valence-corrected chi connectivity index (χ1v) is 8.16. The third kappa shape index (κ3) is 4.41. The number of carbonyl (C=O) groups is 2. The number of hydrogen-bond donors (Lipinski definition) is 3. The van der Waals surface area contributed by atoms with Crippen LogP contribution in [-0.2, 0) is 9.59 Å². The molecule has 0 aromatic carbocycles. The Bertz CT molecular complexity index is 369. The molecule has 2 amide bonds. The van der Waals surface area contributed by atoms with Crippen LogP contribution in [0.4, 0.5) is 0 Å². The summed E-state index contributed by atoms with van der Waals surface area (Å²) in [6.07, 6.45) is 4.92. The van der Waals surface area contributed by atoms with Gasteiger partial charge in [-0.05, 0) is 51.1 Å². The number of amides is 2. The van der Waals surface area contributed by atoms with Gasteiger partial charge in [0.15, 0.2) is 0 Å². The Labute approximate surface area is 126 Å². The lowest BCUT2D eigenvalue weighted by Crippen LogP contribution is -2.51. The maximum Gasteiger partial charge on any atom is 0.237 e. The number of nitrogens with one attached hydrogen (secondary N) is 2. The van der Waals surface area contributed by atoms with E-state index in [1.165, 1.54) is 0 Å². The second-order valence-electron chi connectivity index (χ2n) is 6.22. The van der Waals surface area contributed by atoms with Crippen molar-refractivity contribution in [3.05, 3.63) is 0 Å². The number of nitrogens with two attached hydrogens (primary N) is 1. The van der Waals surface area contributed by atoms with Crippen LogP contribution in [-0.4, -0.2) is 55.0 Å². The summed E-state index contributed by atoms with van der Waals surface area (Å²) in [6.45, 7) is 5.40. The largest absolute Gasteiger partial charge is 0.368 e. The zero-order valence-corrected chi connectivity index (χ0v) is 12.9. The summed E-state index contributed by atoms with van der Waals surface area (Å²) in [7, 11) is 0. The van der Waals surface area contributed by atoms with Gasteiger partial charge in [0.2, 0.25) is 11.8 Å². The van der Waals surface area contributed by atoms with Gasteiger partial charge in [-0.1, -0.05) is 6.92 Å². The lowest BCUT2D eigenvalue weighted by atomic mass is 9.95. The molecule has 6 nitrogen and oxygen atoms in total. The molecule has 0 spiro atoms. The van der Waals surface area contributed by atoms with Crippen LogP contribution in [0, 0.1) is 5.92 Å². The molecule has 3 atom stereocenters. The summed E-state index contributed by atoms with van der Waals surface area (Å²) in [4.78, 5) is 25.7. The topological polar surface area (TPSA) is 87.5 Å². The molecule has 2 aliphatic heterocycles. The van der Waals surface area contributed by atoms with Crippen molar-refractivity contribution in [1.82, 2.24) is 15.5 Å². The molecule has 6 heteroatoms. The number of carbonyl (C=O) groups excluding carboxylic acids is 2. The van der Waals surface area contributed by atoms with E-state index in [1.807, 2.05) is 6.92 Å². The van der Waals surface area contributed by atoms with Gasteiger partial charge >= 0.3 is 0 Å². The van der Waals surface area contributed by atoms with Gasteiger partial charge in [-0.2, -0.15) is 0 Å². The molecule has 3 unspecified atom stereocenters. The lowest BCUT2D eigenvalue weighted by Gasteiger charge is -2.36. The first-order chi connectivity index (χ1) is 10.1. The van der Waals surface area contributed by atoms with Crippen molar-refractivity contribution < 1.29 is 9.59 Å². The Hall–Kier alpha value is -1.14. The van der Waals surface area contributed by atoms with Gasteiger partial charge in [0.25, 0.3) is 0 Å². The third-order valence-corrected chi connectivity index (χ3v) is 4.65. The molecular formula is C15H28N4O2. The van der Waals surface area contributed by atoms with E-state index in [0.29, 0.717) is 12.5 Å². The van der Waals surface area contributed by atoms with Crippen LogP contribution in [0.1, 0.15) is 39.0 Å². The fourth-order valence-electron chi connectivity index (χ4n) is 3.46. The Morgan fingerprint density at radius 3 is 2.81 bits per heavy atom. The predicted molar refractivity (Wildman–Crippen MR) is 81.6 cm³/mol. The van der Waals surface area contributed by atoms with Gasteiger partial charge in [0.05, 0.1) is 12.1 Å². The van der Waals surface area contributed by atoms with Gasteiger partial charge in [-0.3, -0.25) is 14.5 Å². The van der Waals surface area contributed by atoms with Crippen molar-refractivity contribution in [2.75, 3.05) is 26.2 Å². The number of piperidine rings is 1. The molecule has 2 fully saturated rings. The molecule has 2 aliphatic rings. The molecule has 120 valence electrons. The summed E-state index contributed by atoms with van der Waals surface area (Å²) in [5.41, 5.74) is 5.47. The van der Waals surface area contributed by atoms with Crippen LogP contribution in [0.15, 0.2) is 0 Å². The highest BCUT2D eigenvalue weighted by molar-refractivity contribution is 5.82. The van der Waals surface area contributed by atoms with Gasteiger partial charge in [0, 0.05) is 13.1 Å². The monoisotopic (exact) mass is 296 g/mol. The van der Waals surface area contributed by atoms with Crippen molar-refractivity contribution in [1.29, 1.82) is 0 Å². The molecule has 0 aromatic heterocycles. The summed E-state index contributed by atoms with van der Waals surface area (Å²) in [6, 6.07) is -0.182. The highest BCUT2D eigenvalue weighted by atomic mass is 16.2. The fourth-order valence-corrected chi connectivity index (χ4v) is 3.46. The Morgan fingerprint density at radius 2 is 2.19 bits per heavy atom. The van der Waals surface area contributed by atoms with E-state index in [-0.39, 0.29) is 23.9 Å². The van der Waals surface area contributed by atoms with E-state index in [9.17, 15) is 9.59 Å². The first kappa shape index (κ1) is 16.2. The average Bonchev–Trinajstić information content (AvgIpc) is 3.00. The van der Waals surface area contributed by atoms with E-state index in [1.54, 1.807) is 0 Å². The quantitative estimate of drug-likeness (QED) is 0.635. The fraction of sp³-hybridized carbons (Fsp3) is 0.867. The molecule has 2 rings (SSSR count). The van der Waals surface area contributed by atoms with E-state index in [4.69, 9.17) is 5.73 Å². The average molecular weight is 296 g/mol. The summed E-state index contributed by atoms with van der Waals surface area (Å²) >= 11 is 0. The Morgan fingerprint density at radius 1 is 1.38 bits per heavy atom. The normalized spacial score (nSPS) is 28.2. The van der Waals surface area contributed by atoms with Crippen LogP contribution in [0.2, 0.25) is 0 Å². The molecular weight excluding hydrogens is 268 g/mol. The van der Waals surface area contributed by atoms with Crippen molar-refractivity contribution in [2.45, 2.75) is 51.1 Å². The molecule has 0 bridgehead atoms. The molecule has 4 N–H and O–H groups in total. The highest BCUT2D eigenvalue weighted by Gasteiger charge is 2.29. The van der Waals surface area contributed by atoms with Crippen molar-refractivity contribution >= 4 is 11.8 Å². The maximum atomic E-state index is 12.0. The standard InChI is InChI=1S/C15H28N4O2/c1-2-13(14(16)20)19-8-4-5-11(10-19)9-18-15(21)12-6-3-7-17-12/h11-13,17H,2-10H2,1H3,(H2,16,20)(H,18,21). The molecule has 2 saturated heterocycles. The number of rotatable bonds is 6. The summed E-state index contributed by atoms with van der Waals surface area (Å²) in [5.74, 6) is 0.293. The smallest absolute Gasteiger partial charge is 0.237 e. The van der Waals surface area contributed by atoms with E-state index in [0.717, 1.165) is 51.7 Å². The predicted octanol–water partition coefficient (Wildman–Crippen LogP) is -0.169. The van der Waals surface area contributed by atoms with E-state index < -0.39 is 0 Å². The zero-order chi connectivity index (χ0) is 15.2. The van der Waals surface area contributed by atoms with Crippen molar-refractivity contribution in [2.24, 2.45) is 11.7 Å². The molecule has 21 heavy (non-hydrogen) atoms. The number of hydrogen-bond acceptors (Lipinski definition) is 4. The minimum Gasteiger partial charge on any atom is -0.368 e.